The molecule has 1 saturated carbocycles. The van der Waals surface area contributed by atoms with E-state index in [-0.39, 0.29) is 0 Å². The summed E-state index contributed by atoms with van der Waals surface area (Å²) in [4.78, 5) is 0. The largest absolute Gasteiger partial charge is 0.327 e. The van der Waals surface area contributed by atoms with Crippen molar-refractivity contribution in [1.82, 2.24) is 0 Å². The van der Waals surface area contributed by atoms with Gasteiger partial charge < -0.3 is 5.73 Å². The first kappa shape index (κ1) is 7.93. The van der Waals surface area contributed by atoms with Crippen LogP contribution in [0.1, 0.15) is 26.7 Å². The van der Waals surface area contributed by atoms with Crippen LogP contribution in [0.4, 0.5) is 0 Å². The molecule has 0 bridgehead atoms. The zero-order chi connectivity index (χ0) is 8.06. The molecule has 2 rings (SSSR count). The van der Waals surface area contributed by atoms with E-state index in [1.165, 1.54) is 18.6 Å². The third kappa shape index (κ3) is 1.11. The maximum atomic E-state index is 6.01. The fraction of sp³-hybridized carbons (Fsp3) is 1.00. The number of nitrogens with two attached hydrogens (primary N) is 1. The zero-order valence-corrected chi connectivity index (χ0v) is 8.16. The molecule has 1 aliphatic carbocycles. The van der Waals surface area contributed by atoms with Crippen LogP contribution in [0.3, 0.4) is 0 Å². The Morgan fingerprint density at radius 1 is 1.45 bits per heavy atom. The SMILES string of the molecule is CC1(C)C(N)C1C1CCCS1. The van der Waals surface area contributed by atoms with Gasteiger partial charge in [-0.05, 0) is 29.9 Å². The molecule has 1 aliphatic heterocycles. The van der Waals surface area contributed by atoms with E-state index >= 15 is 0 Å². The van der Waals surface area contributed by atoms with Crippen LogP contribution in [-0.2, 0) is 0 Å². The monoisotopic (exact) mass is 171 g/mol. The van der Waals surface area contributed by atoms with Gasteiger partial charge in [-0.3, -0.25) is 0 Å². The smallest absolute Gasteiger partial charge is 0.0139 e. The van der Waals surface area contributed by atoms with Crippen molar-refractivity contribution in [3.05, 3.63) is 0 Å². The van der Waals surface area contributed by atoms with Gasteiger partial charge in [0.1, 0.15) is 0 Å². The highest BCUT2D eigenvalue weighted by Gasteiger charge is 2.59. The topological polar surface area (TPSA) is 26.0 Å². The second kappa shape index (κ2) is 2.40. The first-order chi connectivity index (χ1) is 5.14. The molecule has 2 heteroatoms. The molecule has 64 valence electrons. The molecule has 1 nitrogen and oxygen atoms in total. The lowest BCUT2D eigenvalue weighted by molar-refractivity contribution is 0.532. The second-order valence-electron chi connectivity index (χ2n) is 4.42. The van der Waals surface area contributed by atoms with Gasteiger partial charge >= 0.3 is 0 Å². The van der Waals surface area contributed by atoms with Crippen LogP contribution >= 0.6 is 11.8 Å². The quantitative estimate of drug-likeness (QED) is 0.652. The van der Waals surface area contributed by atoms with E-state index in [2.05, 4.69) is 25.6 Å². The van der Waals surface area contributed by atoms with E-state index in [0.29, 0.717) is 11.5 Å². The van der Waals surface area contributed by atoms with Gasteiger partial charge in [0.2, 0.25) is 0 Å². The molecule has 11 heavy (non-hydrogen) atoms. The van der Waals surface area contributed by atoms with Crippen LogP contribution in [0, 0.1) is 11.3 Å². The normalized spacial score (nSPS) is 47.7. The Hall–Kier alpha value is 0.310. The molecule has 2 aliphatic rings. The third-order valence-electron chi connectivity index (χ3n) is 3.36. The number of hydrogen-bond acceptors (Lipinski definition) is 2. The lowest BCUT2D eigenvalue weighted by Gasteiger charge is -2.08. The van der Waals surface area contributed by atoms with Crippen molar-refractivity contribution in [2.75, 3.05) is 5.75 Å². The van der Waals surface area contributed by atoms with Gasteiger partial charge in [0.15, 0.2) is 0 Å². The van der Waals surface area contributed by atoms with Crippen LogP contribution in [0.15, 0.2) is 0 Å². The van der Waals surface area contributed by atoms with Crippen molar-refractivity contribution in [1.29, 1.82) is 0 Å². The predicted molar refractivity (Wildman–Crippen MR) is 50.7 cm³/mol. The summed E-state index contributed by atoms with van der Waals surface area (Å²) in [6.45, 7) is 4.61. The molecular formula is C9H17NS. The highest BCUT2D eigenvalue weighted by molar-refractivity contribution is 8.00. The van der Waals surface area contributed by atoms with Crippen molar-refractivity contribution in [2.45, 2.75) is 38.0 Å². The Morgan fingerprint density at radius 3 is 2.45 bits per heavy atom. The zero-order valence-electron chi connectivity index (χ0n) is 7.34. The van der Waals surface area contributed by atoms with Crippen molar-refractivity contribution >= 4 is 11.8 Å². The lowest BCUT2D eigenvalue weighted by Crippen LogP contribution is -2.10. The van der Waals surface area contributed by atoms with E-state index in [0.717, 1.165) is 11.2 Å². The van der Waals surface area contributed by atoms with Crippen molar-refractivity contribution in [2.24, 2.45) is 17.1 Å². The van der Waals surface area contributed by atoms with Crippen LogP contribution < -0.4 is 5.73 Å². The summed E-state index contributed by atoms with van der Waals surface area (Å²) in [5.74, 6) is 2.18. The molecule has 2 N–H and O–H groups in total. The molecule has 3 unspecified atom stereocenters. The molecule has 0 aromatic heterocycles. The summed E-state index contributed by atoms with van der Waals surface area (Å²) >= 11 is 2.14. The number of hydrogen-bond donors (Lipinski definition) is 1. The van der Waals surface area contributed by atoms with Crippen molar-refractivity contribution in [3.63, 3.8) is 0 Å². The highest BCUT2D eigenvalue weighted by Crippen LogP contribution is 2.57. The molecule has 1 saturated heterocycles. The van der Waals surface area contributed by atoms with Crippen LogP contribution in [0.5, 0.6) is 0 Å². The average Bonchev–Trinajstić information content (AvgIpc) is 2.40. The molecule has 0 aromatic rings. The minimum absolute atomic E-state index is 0.446. The minimum atomic E-state index is 0.446. The molecular weight excluding hydrogens is 154 g/mol. The Kier molecular flexibility index (Phi) is 1.73. The van der Waals surface area contributed by atoms with Gasteiger partial charge in [0.05, 0.1) is 0 Å². The molecule has 3 atom stereocenters. The second-order valence-corrected chi connectivity index (χ2v) is 5.77. The summed E-state index contributed by atoms with van der Waals surface area (Å²) in [6, 6.07) is 0.484. The lowest BCUT2D eigenvalue weighted by atomic mass is 10.1. The van der Waals surface area contributed by atoms with Gasteiger partial charge in [-0.25, -0.2) is 0 Å². The van der Waals surface area contributed by atoms with E-state index in [1.807, 2.05) is 0 Å². The summed E-state index contributed by atoms with van der Waals surface area (Å²) < 4.78 is 0. The minimum Gasteiger partial charge on any atom is -0.327 e. The molecule has 2 fully saturated rings. The summed E-state index contributed by atoms with van der Waals surface area (Å²) in [5, 5.41) is 0.889. The van der Waals surface area contributed by atoms with Gasteiger partial charge in [-0.2, -0.15) is 11.8 Å². The molecule has 1 heterocycles. The van der Waals surface area contributed by atoms with Gasteiger partial charge in [-0.1, -0.05) is 13.8 Å². The molecule has 0 aromatic carbocycles. The fourth-order valence-corrected chi connectivity index (χ4v) is 4.01. The maximum Gasteiger partial charge on any atom is 0.0139 e. The van der Waals surface area contributed by atoms with Crippen molar-refractivity contribution in [3.8, 4) is 0 Å². The van der Waals surface area contributed by atoms with Crippen LogP contribution in [0.25, 0.3) is 0 Å². The Labute approximate surface area is 73.1 Å². The Bertz CT molecular complexity index is 161. The molecule has 0 radical (unpaired) electrons. The van der Waals surface area contributed by atoms with E-state index < -0.39 is 0 Å². The Morgan fingerprint density at radius 2 is 2.09 bits per heavy atom. The number of rotatable bonds is 1. The first-order valence-electron chi connectivity index (χ1n) is 4.51. The summed E-state index contributed by atoms with van der Waals surface area (Å²) in [7, 11) is 0. The molecule has 0 amide bonds. The summed E-state index contributed by atoms with van der Waals surface area (Å²) in [5.41, 5.74) is 6.46. The Balaban J connectivity index is 1.98. The highest BCUT2D eigenvalue weighted by atomic mass is 32.2. The van der Waals surface area contributed by atoms with Crippen molar-refractivity contribution < 1.29 is 0 Å². The predicted octanol–water partition coefficient (Wildman–Crippen LogP) is 1.87. The van der Waals surface area contributed by atoms with E-state index in [4.69, 9.17) is 5.73 Å². The van der Waals surface area contributed by atoms with Crippen LogP contribution in [-0.4, -0.2) is 17.0 Å². The maximum absolute atomic E-state index is 6.01. The standard InChI is InChI=1S/C9H17NS/c1-9(2)7(8(9)10)6-4-3-5-11-6/h6-8H,3-5,10H2,1-2H3. The van der Waals surface area contributed by atoms with Gasteiger partial charge in [-0.15, -0.1) is 0 Å². The summed E-state index contributed by atoms with van der Waals surface area (Å²) in [6.07, 6.45) is 2.82. The van der Waals surface area contributed by atoms with Gasteiger partial charge in [0, 0.05) is 11.3 Å². The van der Waals surface area contributed by atoms with Crippen LogP contribution in [0.2, 0.25) is 0 Å². The van der Waals surface area contributed by atoms with Gasteiger partial charge in [0.25, 0.3) is 0 Å². The molecule has 0 spiro atoms. The third-order valence-corrected chi connectivity index (χ3v) is 4.84. The average molecular weight is 171 g/mol. The first-order valence-corrected chi connectivity index (χ1v) is 5.56. The van der Waals surface area contributed by atoms with E-state index in [1.54, 1.807) is 0 Å². The fourth-order valence-electron chi connectivity index (χ4n) is 2.31. The van der Waals surface area contributed by atoms with E-state index in [9.17, 15) is 0 Å². The number of thioether (sulfide) groups is 1.